The number of anilines is 1. The van der Waals surface area contributed by atoms with Crippen LogP contribution in [0, 0.1) is 0 Å². The molecule has 27 heavy (non-hydrogen) atoms. The minimum Gasteiger partial charge on any atom is -0.497 e. The van der Waals surface area contributed by atoms with Gasteiger partial charge in [-0.15, -0.1) is 0 Å². The number of hydrogen-bond donors (Lipinski definition) is 1. The molecule has 0 saturated heterocycles. The third kappa shape index (κ3) is 4.33. The molecule has 1 aliphatic heterocycles. The molecule has 0 radical (unpaired) electrons. The van der Waals surface area contributed by atoms with Crippen molar-refractivity contribution in [1.82, 2.24) is 0 Å². The van der Waals surface area contributed by atoms with Gasteiger partial charge in [-0.05, 0) is 48.0 Å². The Morgan fingerprint density at radius 2 is 1.96 bits per heavy atom. The number of oxime groups is 1. The predicted molar refractivity (Wildman–Crippen MR) is 94.1 cm³/mol. The molecule has 1 atom stereocenters. The Balaban J connectivity index is 1.66. The van der Waals surface area contributed by atoms with Crippen LogP contribution >= 0.6 is 11.6 Å². The van der Waals surface area contributed by atoms with E-state index in [4.69, 9.17) is 21.2 Å². The zero-order valence-electron chi connectivity index (χ0n) is 14.0. The molecule has 142 valence electrons. The number of alkyl halides is 3. The van der Waals surface area contributed by atoms with E-state index in [0.717, 1.165) is 17.7 Å². The smallest absolute Gasteiger partial charge is 0.417 e. The molecular formula is C18H14ClF3N2O3. The van der Waals surface area contributed by atoms with Gasteiger partial charge in [-0.1, -0.05) is 16.8 Å². The van der Waals surface area contributed by atoms with Gasteiger partial charge < -0.3 is 14.9 Å². The molecule has 2 aromatic rings. The van der Waals surface area contributed by atoms with Crippen LogP contribution in [-0.4, -0.2) is 24.8 Å². The molecular weight excluding hydrogens is 385 g/mol. The Morgan fingerprint density at radius 3 is 2.59 bits per heavy atom. The number of carbonyl (C=O) groups is 1. The molecule has 0 spiro atoms. The van der Waals surface area contributed by atoms with Gasteiger partial charge in [0, 0.05) is 12.1 Å². The van der Waals surface area contributed by atoms with E-state index in [1.807, 2.05) is 0 Å². The second kappa shape index (κ2) is 7.48. The summed E-state index contributed by atoms with van der Waals surface area (Å²) in [7, 11) is 1.55. The highest BCUT2D eigenvalue weighted by atomic mass is 35.5. The van der Waals surface area contributed by atoms with Crippen molar-refractivity contribution in [2.45, 2.75) is 18.7 Å². The van der Waals surface area contributed by atoms with Gasteiger partial charge in [0.2, 0.25) is 6.10 Å². The molecule has 1 amide bonds. The summed E-state index contributed by atoms with van der Waals surface area (Å²) in [5.74, 6) is 0.0773. The van der Waals surface area contributed by atoms with E-state index in [1.54, 1.807) is 31.4 Å². The number of rotatable bonds is 4. The average molecular weight is 399 g/mol. The molecule has 3 rings (SSSR count). The van der Waals surface area contributed by atoms with Crippen LogP contribution in [0.25, 0.3) is 0 Å². The maximum absolute atomic E-state index is 12.9. The van der Waals surface area contributed by atoms with Crippen molar-refractivity contribution in [3.8, 4) is 5.75 Å². The third-order valence-electron chi connectivity index (χ3n) is 3.92. The second-order valence-electron chi connectivity index (χ2n) is 5.75. The van der Waals surface area contributed by atoms with Crippen LogP contribution in [-0.2, 0) is 15.8 Å². The topological polar surface area (TPSA) is 59.9 Å². The molecule has 0 aromatic heterocycles. The molecule has 1 aliphatic rings. The number of methoxy groups -OCH3 is 1. The first kappa shape index (κ1) is 19.0. The standard InChI is InChI=1S/C18H14ClF3N2O3/c1-26-12-5-2-10(3-6-12)15-9-16(27-24-15)17(25)23-11-4-7-14(19)13(8-11)18(20,21)22/h2-8,16H,9H2,1H3,(H,23,25)/t16-/m1/s1. The Kier molecular flexibility index (Phi) is 5.27. The Bertz CT molecular complexity index is 882. The summed E-state index contributed by atoms with van der Waals surface area (Å²) in [6.07, 6.45) is -5.36. The van der Waals surface area contributed by atoms with E-state index in [-0.39, 0.29) is 12.1 Å². The lowest BCUT2D eigenvalue weighted by Gasteiger charge is -2.13. The van der Waals surface area contributed by atoms with Crippen molar-refractivity contribution in [1.29, 1.82) is 0 Å². The van der Waals surface area contributed by atoms with Crippen molar-refractivity contribution >= 4 is 28.9 Å². The van der Waals surface area contributed by atoms with Crippen molar-refractivity contribution in [3.63, 3.8) is 0 Å². The van der Waals surface area contributed by atoms with E-state index < -0.39 is 28.8 Å². The minimum atomic E-state index is -4.62. The van der Waals surface area contributed by atoms with Crippen LogP contribution in [0.5, 0.6) is 5.75 Å². The van der Waals surface area contributed by atoms with Crippen molar-refractivity contribution in [3.05, 3.63) is 58.6 Å². The largest absolute Gasteiger partial charge is 0.497 e. The highest BCUT2D eigenvalue weighted by Crippen LogP contribution is 2.36. The fourth-order valence-electron chi connectivity index (χ4n) is 2.51. The minimum absolute atomic E-state index is 0.0294. The number of benzene rings is 2. The fourth-order valence-corrected chi connectivity index (χ4v) is 2.74. The SMILES string of the molecule is COc1ccc(C2=NO[C@@H](C(=O)Nc3ccc(Cl)c(C(F)(F)F)c3)C2)cc1. The molecule has 9 heteroatoms. The summed E-state index contributed by atoms with van der Waals surface area (Å²) in [4.78, 5) is 17.4. The first-order valence-electron chi connectivity index (χ1n) is 7.82. The van der Waals surface area contributed by atoms with Crippen LogP contribution in [0.1, 0.15) is 17.5 Å². The lowest BCUT2D eigenvalue weighted by atomic mass is 10.0. The van der Waals surface area contributed by atoms with E-state index in [0.29, 0.717) is 11.5 Å². The molecule has 0 saturated carbocycles. The Labute approximate surface area is 157 Å². The van der Waals surface area contributed by atoms with E-state index >= 15 is 0 Å². The van der Waals surface area contributed by atoms with Crippen LogP contribution < -0.4 is 10.1 Å². The number of halogens is 4. The Morgan fingerprint density at radius 1 is 1.26 bits per heavy atom. The van der Waals surface area contributed by atoms with Gasteiger partial charge in [-0.3, -0.25) is 4.79 Å². The monoisotopic (exact) mass is 398 g/mol. The molecule has 5 nitrogen and oxygen atoms in total. The van der Waals surface area contributed by atoms with Gasteiger partial charge in [0.1, 0.15) is 5.75 Å². The van der Waals surface area contributed by atoms with Crippen LogP contribution in [0.4, 0.5) is 18.9 Å². The number of nitrogens with zero attached hydrogens (tertiary/aromatic N) is 1. The maximum atomic E-state index is 12.9. The van der Waals surface area contributed by atoms with Gasteiger partial charge in [0.15, 0.2) is 0 Å². The van der Waals surface area contributed by atoms with E-state index in [9.17, 15) is 18.0 Å². The molecule has 0 unspecified atom stereocenters. The summed E-state index contributed by atoms with van der Waals surface area (Å²) < 4.78 is 43.8. The van der Waals surface area contributed by atoms with E-state index in [1.165, 1.54) is 6.07 Å². The molecule has 0 aliphatic carbocycles. The first-order chi connectivity index (χ1) is 12.8. The van der Waals surface area contributed by atoms with Crippen LogP contribution in [0.15, 0.2) is 47.6 Å². The molecule has 0 fully saturated rings. The zero-order valence-corrected chi connectivity index (χ0v) is 14.8. The fraction of sp³-hybridized carbons (Fsp3) is 0.222. The lowest BCUT2D eigenvalue weighted by Crippen LogP contribution is -2.28. The summed E-state index contributed by atoms with van der Waals surface area (Å²) in [5, 5.41) is 5.85. The number of carbonyl (C=O) groups excluding carboxylic acids is 1. The van der Waals surface area contributed by atoms with Gasteiger partial charge in [0.25, 0.3) is 5.91 Å². The van der Waals surface area contributed by atoms with Gasteiger partial charge in [-0.25, -0.2) is 0 Å². The summed E-state index contributed by atoms with van der Waals surface area (Å²) in [5.41, 5.74) is 0.268. The van der Waals surface area contributed by atoms with Crippen LogP contribution in [0.3, 0.4) is 0 Å². The average Bonchev–Trinajstić information content (AvgIpc) is 3.13. The molecule has 1 N–H and O–H groups in total. The van der Waals surface area contributed by atoms with Gasteiger partial charge in [-0.2, -0.15) is 13.2 Å². The molecule has 1 heterocycles. The maximum Gasteiger partial charge on any atom is 0.417 e. The van der Waals surface area contributed by atoms with Crippen LogP contribution in [0.2, 0.25) is 5.02 Å². The van der Waals surface area contributed by atoms with Crippen molar-refractivity contribution in [2.75, 3.05) is 12.4 Å². The lowest BCUT2D eigenvalue weighted by molar-refractivity contribution is -0.137. The molecule has 2 aromatic carbocycles. The molecule has 0 bridgehead atoms. The van der Waals surface area contributed by atoms with Gasteiger partial charge >= 0.3 is 6.18 Å². The highest BCUT2D eigenvalue weighted by Gasteiger charge is 2.34. The van der Waals surface area contributed by atoms with Crippen molar-refractivity contribution < 1.29 is 27.5 Å². The number of hydrogen-bond acceptors (Lipinski definition) is 4. The van der Waals surface area contributed by atoms with Crippen molar-refractivity contribution in [2.24, 2.45) is 5.16 Å². The highest BCUT2D eigenvalue weighted by molar-refractivity contribution is 6.31. The number of ether oxygens (including phenoxy) is 1. The normalized spacial score (nSPS) is 16.5. The first-order valence-corrected chi connectivity index (χ1v) is 8.20. The summed E-state index contributed by atoms with van der Waals surface area (Å²) in [6.45, 7) is 0. The summed E-state index contributed by atoms with van der Waals surface area (Å²) in [6, 6.07) is 10.2. The third-order valence-corrected chi connectivity index (χ3v) is 4.25. The van der Waals surface area contributed by atoms with E-state index in [2.05, 4.69) is 10.5 Å². The number of amides is 1. The predicted octanol–water partition coefficient (Wildman–Crippen LogP) is 4.50. The summed E-state index contributed by atoms with van der Waals surface area (Å²) >= 11 is 5.57. The quantitative estimate of drug-likeness (QED) is 0.825. The number of nitrogens with one attached hydrogen (secondary N) is 1. The zero-order chi connectivity index (χ0) is 19.6. The van der Waals surface area contributed by atoms with Gasteiger partial charge in [0.05, 0.1) is 23.4 Å². The Hall–Kier alpha value is -2.74. The second-order valence-corrected chi connectivity index (χ2v) is 6.15.